The molecule has 0 bridgehead atoms. The highest BCUT2D eigenvalue weighted by atomic mass is 32.1. The number of hydrogen-bond acceptors (Lipinski definition) is 4. The van der Waals surface area contributed by atoms with Crippen molar-refractivity contribution in [2.45, 2.75) is 51.7 Å². The van der Waals surface area contributed by atoms with Gasteiger partial charge in [0.05, 0.1) is 0 Å². The summed E-state index contributed by atoms with van der Waals surface area (Å²) < 4.78 is 5.32. The smallest absolute Gasteiger partial charge is 0.324 e. The normalized spacial score (nSPS) is 23.5. The Labute approximate surface area is 97.2 Å². The van der Waals surface area contributed by atoms with E-state index in [0.29, 0.717) is 11.2 Å². The largest absolute Gasteiger partial charge is 0.461 e. The van der Waals surface area contributed by atoms with E-state index >= 15 is 0 Å². The molecule has 0 spiro atoms. The molecule has 1 aliphatic rings. The minimum atomic E-state index is -0.580. The molecular weight excluding hydrogens is 210 g/mol. The molecular formula is C11H21NO2S. The van der Waals surface area contributed by atoms with Gasteiger partial charge in [0.2, 0.25) is 0 Å². The highest BCUT2D eigenvalue weighted by Gasteiger charge is 2.29. The van der Waals surface area contributed by atoms with Crippen LogP contribution in [0.2, 0.25) is 0 Å². The molecule has 2 N–H and O–H groups in total. The van der Waals surface area contributed by atoms with Gasteiger partial charge in [-0.1, -0.05) is 13.8 Å². The molecule has 0 amide bonds. The second-order valence-electron chi connectivity index (χ2n) is 5.09. The monoisotopic (exact) mass is 231 g/mol. The minimum absolute atomic E-state index is 0.0662. The van der Waals surface area contributed by atoms with Gasteiger partial charge in [-0.25, -0.2) is 0 Å². The van der Waals surface area contributed by atoms with Gasteiger partial charge in [0.1, 0.15) is 12.1 Å². The number of hydrogen-bond donors (Lipinski definition) is 2. The SMILES string of the molecule is CC1(C)CCC(OC(=O)C(N)CS)CC1. The van der Waals surface area contributed by atoms with Crippen LogP contribution in [0.1, 0.15) is 39.5 Å². The molecule has 1 unspecified atom stereocenters. The average Bonchev–Trinajstić information content (AvgIpc) is 2.20. The summed E-state index contributed by atoms with van der Waals surface area (Å²) in [5.74, 6) is 0.0338. The van der Waals surface area contributed by atoms with Gasteiger partial charge < -0.3 is 10.5 Å². The van der Waals surface area contributed by atoms with E-state index in [2.05, 4.69) is 26.5 Å². The molecule has 0 saturated heterocycles. The third-order valence-corrected chi connectivity index (χ3v) is 3.46. The Bertz CT molecular complexity index is 221. The molecule has 0 aromatic heterocycles. The highest BCUT2D eigenvalue weighted by molar-refractivity contribution is 7.80. The maximum absolute atomic E-state index is 11.4. The molecule has 0 radical (unpaired) electrons. The second kappa shape index (κ2) is 5.21. The van der Waals surface area contributed by atoms with E-state index in [1.165, 1.54) is 0 Å². The van der Waals surface area contributed by atoms with Crippen LogP contribution in [-0.2, 0) is 9.53 Å². The van der Waals surface area contributed by atoms with E-state index in [1.807, 2.05) is 0 Å². The van der Waals surface area contributed by atoms with Crippen molar-refractivity contribution in [1.82, 2.24) is 0 Å². The molecule has 0 aliphatic heterocycles. The van der Waals surface area contributed by atoms with Gasteiger partial charge in [-0.3, -0.25) is 4.79 Å². The Morgan fingerprint density at radius 2 is 2.07 bits per heavy atom. The van der Waals surface area contributed by atoms with Gasteiger partial charge in [-0.15, -0.1) is 0 Å². The lowest BCUT2D eigenvalue weighted by Gasteiger charge is -2.34. The first-order chi connectivity index (χ1) is 6.94. The molecule has 0 aromatic rings. The maximum Gasteiger partial charge on any atom is 0.324 e. The third kappa shape index (κ3) is 4.03. The Kier molecular flexibility index (Phi) is 4.46. The van der Waals surface area contributed by atoms with Crippen LogP contribution in [0.5, 0.6) is 0 Å². The summed E-state index contributed by atoms with van der Waals surface area (Å²) >= 11 is 3.97. The zero-order valence-corrected chi connectivity index (χ0v) is 10.4. The molecule has 1 atom stereocenters. The Hall–Kier alpha value is -0.220. The number of rotatable bonds is 3. The summed E-state index contributed by atoms with van der Waals surface area (Å²) in [6.45, 7) is 4.51. The predicted octanol–water partition coefficient (Wildman–Crippen LogP) is 1.76. The fraction of sp³-hybridized carbons (Fsp3) is 0.909. The summed E-state index contributed by atoms with van der Waals surface area (Å²) in [6.07, 6.45) is 4.20. The van der Waals surface area contributed by atoms with E-state index < -0.39 is 6.04 Å². The van der Waals surface area contributed by atoms with Crippen LogP contribution in [0.4, 0.5) is 0 Å². The van der Waals surface area contributed by atoms with Gasteiger partial charge in [0.25, 0.3) is 0 Å². The fourth-order valence-electron chi connectivity index (χ4n) is 1.82. The summed E-state index contributed by atoms with van der Waals surface area (Å²) in [5.41, 5.74) is 5.93. The first kappa shape index (κ1) is 12.8. The number of esters is 1. The van der Waals surface area contributed by atoms with Crippen molar-refractivity contribution in [2.75, 3.05) is 5.75 Å². The molecule has 3 nitrogen and oxygen atoms in total. The van der Waals surface area contributed by atoms with Crippen LogP contribution in [0.25, 0.3) is 0 Å². The van der Waals surface area contributed by atoms with Crippen molar-refractivity contribution in [3.8, 4) is 0 Å². The molecule has 1 fully saturated rings. The summed E-state index contributed by atoms with van der Waals surface area (Å²) in [4.78, 5) is 11.4. The van der Waals surface area contributed by atoms with Gasteiger partial charge in [-0.05, 0) is 31.1 Å². The van der Waals surface area contributed by atoms with Gasteiger partial charge >= 0.3 is 5.97 Å². The van der Waals surface area contributed by atoms with Crippen LogP contribution in [0, 0.1) is 5.41 Å². The molecule has 1 saturated carbocycles. The first-order valence-corrected chi connectivity index (χ1v) is 6.15. The maximum atomic E-state index is 11.4. The Balaban J connectivity index is 2.33. The molecule has 15 heavy (non-hydrogen) atoms. The molecule has 88 valence electrons. The Morgan fingerprint density at radius 3 is 2.53 bits per heavy atom. The summed E-state index contributed by atoms with van der Waals surface area (Å²) in [6, 6.07) is -0.580. The topological polar surface area (TPSA) is 52.3 Å². The molecule has 1 rings (SSSR count). The van der Waals surface area contributed by atoms with E-state index in [9.17, 15) is 4.79 Å². The lowest BCUT2D eigenvalue weighted by atomic mass is 9.76. The Morgan fingerprint density at radius 1 is 1.53 bits per heavy atom. The predicted molar refractivity (Wildman–Crippen MR) is 64.0 cm³/mol. The molecule has 1 aliphatic carbocycles. The van der Waals surface area contributed by atoms with Gasteiger partial charge in [0, 0.05) is 5.75 Å². The number of carbonyl (C=O) groups excluding carboxylic acids is 1. The fourth-order valence-corrected chi connectivity index (χ4v) is 1.97. The van der Waals surface area contributed by atoms with Crippen LogP contribution in [0.3, 0.4) is 0 Å². The average molecular weight is 231 g/mol. The van der Waals surface area contributed by atoms with Crippen molar-refractivity contribution >= 4 is 18.6 Å². The zero-order valence-electron chi connectivity index (χ0n) is 9.53. The van der Waals surface area contributed by atoms with Crippen molar-refractivity contribution in [1.29, 1.82) is 0 Å². The van der Waals surface area contributed by atoms with Gasteiger partial charge in [-0.2, -0.15) is 12.6 Å². The standard InChI is InChI=1S/C11H21NO2S/c1-11(2)5-3-8(4-6-11)14-10(13)9(12)7-15/h8-9,15H,3-7,12H2,1-2H3. The lowest BCUT2D eigenvalue weighted by Crippen LogP contribution is -2.38. The van der Waals surface area contributed by atoms with E-state index in [1.54, 1.807) is 0 Å². The van der Waals surface area contributed by atoms with Gasteiger partial charge in [0.15, 0.2) is 0 Å². The van der Waals surface area contributed by atoms with Crippen LogP contribution < -0.4 is 5.73 Å². The quantitative estimate of drug-likeness (QED) is 0.575. The number of ether oxygens (including phenoxy) is 1. The highest BCUT2D eigenvalue weighted by Crippen LogP contribution is 2.36. The lowest BCUT2D eigenvalue weighted by molar-refractivity contribution is -0.152. The summed E-state index contributed by atoms with van der Waals surface area (Å²) in [5, 5.41) is 0. The molecule has 4 heteroatoms. The zero-order chi connectivity index (χ0) is 11.5. The first-order valence-electron chi connectivity index (χ1n) is 5.51. The van der Waals surface area contributed by atoms with Crippen molar-refractivity contribution in [2.24, 2.45) is 11.1 Å². The van der Waals surface area contributed by atoms with E-state index in [4.69, 9.17) is 10.5 Å². The van der Waals surface area contributed by atoms with Crippen molar-refractivity contribution < 1.29 is 9.53 Å². The minimum Gasteiger partial charge on any atom is -0.461 e. The van der Waals surface area contributed by atoms with Crippen LogP contribution in [0.15, 0.2) is 0 Å². The number of carbonyl (C=O) groups is 1. The van der Waals surface area contributed by atoms with E-state index in [-0.39, 0.29) is 12.1 Å². The number of thiol groups is 1. The van der Waals surface area contributed by atoms with Crippen LogP contribution in [-0.4, -0.2) is 23.9 Å². The van der Waals surface area contributed by atoms with Crippen molar-refractivity contribution in [3.05, 3.63) is 0 Å². The molecule has 0 heterocycles. The molecule has 0 aromatic carbocycles. The third-order valence-electron chi connectivity index (χ3n) is 3.07. The van der Waals surface area contributed by atoms with E-state index in [0.717, 1.165) is 25.7 Å². The summed E-state index contributed by atoms with van der Waals surface area (Å²) in [7, 11) is 0. The van der Waals surface area contributed by atoms with Crippen LogP contribution >= 0.6 is 12.6 Å². The van der Waals surface area contributed by atoms with Crippen molar-refractivity contribution in [3.63, 3.8) is 0 Å². The number of nitrogens with two attached hydrogens (primary N) is 1. The second-order valence-corrected chi connectivity index (χ2v) is 5.45.